The number of carbonyl (C=O) groups is 1. The number of ether oxygens (including phenoxy) is 1. The normalized spacial score (nSPS) is 15.0. The molecule has 0 unspecified atom stereocenters. The molecule has 0 bridgehead atoms. The van der Waals surface area contributed by atoms with Gasteiger partial charge in [0.15, 0.2) is 12.0 Å². The molecule has 1 saturated heterocycles. The first-order valence-corrected chi connectivity index (χ1v) is 7.57. The van der Waals surface area contributed by atoms with E-state index in [9.17, 15) is 4.79 Å². The van der Waals surface area contributed by atoms with Crippen molar-refractivity contribution in [2.24, 2.45) is 0 Å². The van der Waals surface area contributed by atoms with Crippen LogP contribution in [0.25, 0.3) is 5.69 Å². The Morgan fingerprint density at radius 1 is 1.14 bits per heavy atom. The molecule has 6 heteroatoms. The molecule has 1 fully saturated rings. The van der Waals surface area contributed by atoms with E-state index in [1.165, 1.54) is 24.9 Å². The van der Waals surface area contributed by atoms with E-state index >= 15 is 0 Å². The smallest absolute Gasteiger partial charge is 0.172 e. The molecule has 3 rings (SSSR count). The maximum atomic E-state index is 11.0. The molecule has 1 aliphatic rings. The van der Waals surface area contributed by atoms with Gasteiger partial charge in [-0.05, 0) is 43.5 Å². The highest BCUT2D eigenvalue weighted by atomic mass is 16.5. The van der Waals surface area contributed by atoms with Crippen molar-refractivity contribution >= 4 is 12.0 Å². The number of hydrogen-bond donors (Lipinski definition) is 0. The SMILES string of the molecule is COCc1c(C=O)nnn1-c1ccc(N2CCCCC2)cc1. The van der Waals surface area contributed by atoms with Crippen molar-refractivity contribution in [1.29, 1.82) is 0 Å². The summed E-state index contributed by atoms with van der Waals surface area (Å²) in [6.45, 7) is 2.54. The van der Waals surface area contributed by atoms with Gasteiger partial charge in [0.05, 0.1) is 12.3 Å². The van der Waals surface area contributed by atoms with Crippen LogP contribution in [0.3, 0.4) is 0 Å². The molecule has 2 heterocycles. The van der Waals surface area contributed by atoms with Crippen LogP contribution in [-0.4, -0.2) is 41.5 Å². The third kappa shape index (κ3) is 2.87. The predicted molar refractivity (Wildman–Crippen MR) is 83.5 cm³/mol. The van der Waals surface area contributed by atoms with Crippen LogP contribution in [0.15, 0.2) is 24.3 Å². The Balaban J connectivity index is 1.86. The number of carbonyl (C=O) groups excluding carboxylic acids is 1. The molecule has 0 N–H and O–H groups in total. The number of methoxy groups -OCH3 is 1. The summed E-state index contributed by atoms with van der Waals surface area (Å²) in [7, 11) is 1.59. The van der Waals surface area contributed by atoms with Crippen molar-refractivity contribution in [2.45, 2.75) is 25.9 Å². The lowest BCUT2D eigenvalue weighted by Gasteiger charge is -2.28. The van der Waals surface area contributed by atoms with Gasteiger partial charge >= 0.3 is 0 Å². The first-order chi connectivity index (χ1) is 10.8. The number of nitrogens with zero attached hydrogens (tertiary/aromatic N) is 4. The third-order valence-corrected chi connectivity index (χ3v) is 4.00. The summed E-state index contributed by atoms with van der Waals surface area (Å²) in [6, 6.07) is 8.21. The lowest BCUT2D eigenvalue weighted by atomic mass is 10.1. The van der Waals surface area contributed by atoms with Crippen LogP contribution < -0.4 is 4.90 Å². The average Bonchev–Trinajstić information content (AvgIpc) is 2.99. The second-order valence-electron chi connectivity index (χ2n) is 5.45. The molecule has 6 nitrogen and oxygen atoms in total. The van der Waals surface area contributed by atoms with Crippen molar-refractivity contribution in [3.8, 4) is 5.69 Å². The minimum Gasteiger partial charge on any atom is -0.378 e. The van der Waals surface area contributed by atoms with Crippen molar-refractivity contribution in [3.63, 3.8) is 0 Å². The summed E-state index contributed by atoms with van der Waals surface area (Å²) in [6.07, 6.45) is 4.54. The molecule has 0 radical (unpaired) electrons. The lowest BCUT2D eigenvalue weighted by molar-refractivity contribution is 0.111. The monoisotopic (exact) mass is 300 g/mol. The zero-order valence-corrected chi connectivity index (χ0v) is 12.7. The summed E-state index contributed by atoms with van der Waals surface area (Å²) < 4.78 is 6.80. The van der Waals surface area contributed by atoms with Crippen LogP contribution in [-0.2, 0) is 11.3 Å². The number of hydrogen-bond acceptors (Lipinski definition) is 5. The first kappa shape index (κ1) is 14.7. The molecule has 0 atom stereocenters. The van der Waals surface area contributed by atoms with Gasteiger partial charge in [-0.15, -0.1) is 5.10 Å². The summed E-state index contributed by atoms with van der Waals surface area (Å²) in [5.74, 6) is 0. The summed E-state index contributed by atoms with van der Waals surface area (Å²) in [5.41, 5.74) is 3.10. The van der Waals surface area contributed by atoms with Crippen molar-refractivity contribution < 1.29 is 9.53 Å². The largest absolute Gasteiger partial charge is 0.378 e. The van der Waals surface area contributed by atoms with Crippen LogP contribution in [0.2, 0.25) is 0 Å². The molecule has 0 spiro atoms. The molecule has 0 aliphatic carbocycles. The van der Waals surface area contributed by atoms with E-state index in [0.29, 0.717) is 24.3 Å². The number of aromatic nitrogens is 3. The number of piperidine rings is 1. The van der Waals surface area contributed by atoms with Gasteiger partial charge < -0.3 is 9.64 Å². The Morgan fingerprint density at radius 2 is 1.82 bits per heavy atom. The Morgan fingerprint density at radius 3 is 2.45 bits per heavy atom. The topological polar surface area (TPSA) is 60.2 Å². The second kappa shape index (κ2) is 6.70. The number of rotatable bonds is 5. The average molecular weight is 300 g/mol. The highest BCUT2D eigenvalue weighted by Gasteiger charge is 2.15. The Labute approximate surface area is 129 Å². The number of aldehydes is 1. The van der Waals surface area contributed by atoms with E-state index in [-0.39, 0.29) is 0 Å². The van der Waals surface area contributed by atoms with Gasteiger partial charge in [0.2, 0.25) is 0 Å². The van der Waals surface area contributed by atoms with E-state index in [4.69, 9.17) is 4.74 Å². The molecule has 0 amide bonds. The van der Waals surface area contributed by atoms with Crippen LogP contribution in [0, 0.1) is 0 Å². The fraction of sp³-hybridized carbons (Fsp3) is 0.438. The van der Waals surface area contributed by atoms with E-state index in [1.54, 1.807) is 11.8 Å². The van der Waals surface area contributed by atoms with Gasteiger partial charge in [-0.25, -0.2) is 4.68 Å². The molecule has 22 heavy (non-hydrogen) atoms. The molecule has 1 aromatic heterocycles. The molecule has 0 saturated carbocycles. The van der Waals surface area contributed by atoms with E-state index in [0.717, 1.165) is 18.8 Å². The fourth-order valence-electron chi connectivity index (χ4n) is 2.84. The fourth-order valence-corrected chi connectivity index (χ4v) is 2.84. The summed E-state index contributed by atoms with van der Waals surface area (Å²) in [4.78, 5) is 13.4. The minimum atomic E-state index is 0.301. The zero-order chi connectivity index (χ0) is 15.4. The maximum absolute atomic E-state index is 11.0. The van der Waals surface area contributed by atoms with E-state index < -0.39 is 0 Å². The lowest BCUT2D eigenvalue weighted by Crippen LogP contribution is -2.29. The first-order valence-electron chi connectivity index (χ1n) is 7.57. The van der Waals surface area contributed by atoms with Gasteiger partial charge in [0.25, 0.3) is 0 Å². The van der Waals surface area contributed by atoms with E-state index in [1.807, 2.05) is 12.1 Å². The maximum Gasteiger partial charge on any atom is 0.172 e. The van der Waals surface area contributed by atoms with Gasteiger partial charge in [-0.1, -0.05) is 5.21 Å². The van der Waals surface area contributed by atoms with Crippen LogP contribution in [0.1, 0.15) is 35.4 Å². The summed E-state index contributed by atoms with van der Waals surface area (Å²) in [5, 5.41) is 7.96. The van der Waals surface area contributed by atoms with Gasteiger partial charge in [0, 0.05) is 25.9 Å². The Hall–Kier alpha value is -2.21. The number of anilines is 1. The molecule has 2 aromatic rings. The van der Waals surface area contributed by atoms with Crippen LogP contribution >= 0.6 is 0 Å². The van der Waals surface area contributed by atoms with E-state index in [2.05, 4.69) is 27.3 Å². The zero-order valence-electron chi connectivity index (χ0n) is 12.7. The van der Waals surface area contributed by atoms with Crippen molar-refractivity contribution in [3.05, 3.63) is 35.7 Å². The molecular weight excluding hydrogens is 280 g/mol. The van der Waals surface area contributed by atoms with Crippen LogP contribution in [0.4, 0.5) is 5.69 Å². The molecule has 116 valence electrons. The summed E-state index contributed by atoms with van der Waals surface area (Å²) >= 11 is 0. The van der Waals surface area contributed by atoms with Crippen molar-refractivity contribution in [1.82, 2.24) is 15.0 Å². The van der Waals surface area contributed by atoms with Gasteiger partial charge in [0.1, 0.15) is 5.69 Å². The van der Waals surface area contributed by atoms with Gasteiger partial charge in [-0.2, -0.15) is 0 Å². The number of benzene rings is 1. The third-order valence-electron chi connectivity index (χ3n) is 4.00. The standard InChI is InChI=1S/C16H20N4O2/c1-22-12-16-15(11-21)17-18-20(16)14-7-5-13(6-8-14)19-9-3-2-4-10-19/h5-8,11H,2-4,9-10,12H2,1H3. The second-order valence-corrected chi connectivity index (χ2v) is 5.45. The van der Waals surface area contributed by atoms with Crippen molar-refractivity contribution in [2.75, 3.05) is 25.1 Å². The minimum absolute atomic E-state index is 0.301. The Kier molecular flexibility index (Phi) is 4.48. The highest BCUT2D eigenvalue weighted by molar-refractivity contribution is 5.73. The van der Waals surface area contributed by atoms with Crippen LogP contribution in [0.5, 0.6) is 0 Å². The molecular formula is C16H20N4O2. The Bertz CT molecular complexity index is 630. The highest BCUT2D eigenvalue weighted by Crippen LogP contribution is 2.22. The predicted octanol–water partition coefficient (Wildman–Crippen LogP) is 2.22. The quantitative estimate of drug-likeness (QED) is 0.792. The van der Waals surface area contributed by atoms with Gasteiger partial charge in [-0.3, -0.25) is 4.79 Å². The molecule has 1 aliphatic heterocycles. The molecule has 1 aromatic carbocycles.